The standard InChI is InChI=1S/C29H39ClN4O6S/c1-3-32(4-2)14-15-33(25(36)12-19-40-18-11-21-6-5-7-23(30)20-21)16-17-34(29(38)39)13-10-22-8-9-24(35)26-27(22)41-28(37)31-26/h5-9,20,35H,3-4,10-19H2,1-2H3,(H,31,37)(H,38,39). The number of carbonyl (C=O) groups is 2. The Hall–Kier alpha value is -3.12. The van der Waals surface area contributed by atoms with Crippen LogP contribution >= 0.6 is 22.9 Å². The maximum Gasteiger partial charge on any atom is 0.407 e. The summed E-state index contributed by atoms with van der Waals surface area (Å²) in [5.74, 6) is -0.101. The highest BCUT2D eigenvalue weighted by Crippen LogP contribution is 2.28. The summed E-state index contributed by atoms with van der Waals surface area (Å²) in [7, 11) is 0. The zero-order valence-corrected chi connectivity index (χ0v) is 25.2. The van der Waals surface area contributed by atoms with E-state index in [-0.39, 0.29) is 49.2 Å². The van der Waals surface area contributed by atoms with Crippen LogP contribution in [0.15, 0.2) is 41.2 Å². The highest BCUT2D eigenvalue weighted by atomic mass is 35.5. The molecule has 12 heteroatoms. The molecule has 0 aliphatic rings. The number of ether oxygens (including phenoxy) is 1. The normalized spacial score (nSPS) is 11.3. The van der Waals surface area contributed by atoms with Crippen molar-refractivity contribution in [3.05, 3.63) is 62.2 Å². The van der Waals surface area contributed by atoms with Crippen molar-refractivity contribution in [3.8, 4) is 5.75 Å². The second-order valence-corrected chi connectivity index (χ2v) is 11.1. The Kier molecular flexibility index (Phi) is 12.9. The number of hydrogen-bond acceptors (Lipinski definition) is 7. The van der Waals surface area contributed by atoms with Gasteiger partial charge < -0.3 is 34.6 Å². The zero-order valence-electron chi connectivity index (χ0n) is 23.6. The van der Waals surface area contributed by atoms with Gasteiger partial charge in [-0.1, -0.05) is 55.0 Å². The second-order valence-electron chi connectivity index (χ2n) is 9.63. The van der Waals surface area contributed by atoms with Gasteiger partial charge in [0.25, 0.3) is 0 Å². The first-order valence-electron chi connectivity index (χ1n) is 13.9. The van der Waals surface area contributed by atoms with Crippen molar-refractivity contribution in [1.82, 2.24) is 19.7 Å². The number of aromatic nitrogens is 1. The van der Waals surface area contributed by atoms with Gasteiger partial charge in [-0.15, -0.1) is 0 Å². The summed E-state index contributed by atoms with van der Waals surface area (Å²) in [4.78, 5) is 44.6. The Morgan fingerprint density at radius 2 is 1.71 bits per heavy atom. The summed E-state index contributed by atoms with van der Waals surface area (Å²) < 4.78 is 6.33. The monoisotopic (exact) mass is 606 g/mol. The third-order valence-corrected chi connectivity index (χ3v) is 8.21. The number of amides is 2. The van der Waals surface area contributed by atoms with Crippen LogP contribution in [0, 0.1) is 0 Å². The molecule has 0 radical (unpaired) electrons. The number of carboxylic acid groups (broad SMARTS) is 1. The smallest absolute Gasteiger partial charge is 0.407 e. The number of phenols is 1. The molecule has 3 aromatic rings. The maximum absolute atomic E-state index is 13.1. The number of aromatic amines is 1. The van der Waals surface area contributed by atoms with E-state index >= 15 is 0 Å². The average molecular weight is 607 g/mol. The summed E-state index contributed by atoms with van der Waals surface area (Å²) >= 11 is 7.02. The minimum Gasteiger partial charge on any atom is -0.506 e. The lowest BCUT2D eigenvalue weighted by Crippen LogP contribution is -2.44. The van der Waals surface area contributed by atoms with Crippen LogP contribution in [0.1, 0.15) is 31.4 Å². The first-order valence-corrected chi connectivity index (χ1v) is 15.0. The predicted molar refractivity (Wildman–Crippen MR) is 162 cm³/mol. The average Bonchev–Trinajstić information content (AvgIpc) is 3.35. The van der Waals surface area contributed by atoms with Crippen LogP contribution < -0.4 is 4.87 Å². The minimum atomic E-state index is -1.08. The van der Waals surface area contributed by atoms with E-state index in [1.807, 2.05) is 24.3 Å². The molecule has 0 bridgehead atoms. The van der Waals surface area contributed by atoms with Gasteiger partial charge in [0, 0.05) is 37.7 Å². The molecule has 0 atom stereocenters. The molecule has 0 aliphatic carbocycles. The van der Waals surface area contributed by atoms with E-state index in [2.05, 4.69) is 23.7 Å². The van der Waals surface area contributed by atoms with Crippen molar-refractivity contribution >= 4 is 45.2 Å². The lowest BCUT2D eigenvalue weighted by atomic mass is 10.1. The molecule has 2 amide bonds. The van der Waals surface area contributed by atoms with Gasteiger partial charge in [0.05, 0.1) is 24.3 Å². The molecule has 0 spiro atoms. The van der Waals surface area contributed by atoms with Crippen molar-refractivity contribution in [3.63, 3.8) is 0 Å². The minimum absolute atomic E-state index is 0.0204. The molecule has 41 heavy (non-hydrogen) atoms. The SMILES string of the molecule is CCN(CC)CCN(CCN(CCc1ccc(O)c2[nH]c(=O)sc12)C(=O)O)C(=O)CCOCCc1cccc(Cl)c1. The van der Waals surface area contributed by atoms with Crippen molar-refractivity contribution < 1.29 is 24.5 Å². The lowest BCUT2D eigenvalue weighted by molar-refractivity contribution is -0.132. The molecule has 0 aliphatic heterocycles. The third kappa shape index (κ3) is 10.0. The van der Waals surface area contributed by atoms with Crippen LogP contribution in [-0.4, -0.2) is 101 Å². The van der Waals surface area contributed by atoms with E-state index in [0.29, 0.717) is 47.8 Å². The van der Waals surface area contributed by atoms with E-state index in [1.54, 1.807) is 11.0 Å². The Labute approximate surface area is 249 Å². The van der Waals surface area contributed by atoms with Gasteiger partial charge in [-0.25, -0.2) is 4.79 Å². The van der Waals surface area contributed by atoms with Crippen LogP contribution in [0.25, 0.3) is 10.2 Å². The summed E-state index contributed by atoms with van der Waals surface area (Å²) in [6.45, 7) is 8.39. The zero-order chi connectivity index (χ0) is 29.8. The van der Waals surface area contributed by atoms with Crippen LogP contribution in [-0.2, 0) is 22.4 Å². The van der Waals surface area contributed by atoms with Crippen molar-refractivity contribution in [1.29, 1.82) is 0 Å². The second kappa shape index (κ2) is 16.4. The Morgan fingerprint density at radius 3 is 2.41 bits per heavy atom. The largest absolute Gasteiger partial charge is 0.506 e. The topological polar surface area (TPSA) is 126 Å². The molecule has 224 valence electrons. The fraction of sp³-hybridized carbons (Fsp3) is 0.483. The Balaban J connectivity index is 1.56. The van der Waals surface area contributed by atoms with E-state index in [4.69, 9.17) is 16.3 Å². The van der Waals surface area contributed by atoms with Gasteiger partial charge in [-0.3, -0.25) is 9.59 Å². The molecule has 2 aromatic carbocycles. The quantitative estimate of drug-likeness (QED) is 0.196. The van der Waals surface area contributed by atoms with Crippen molar-refractivity contribution in [2.24, 2.45) is 0 Å². The number of H-pyrrole nitrogens is 1. The van der Waals surface area contributed by atoms with Crippen LogP contribution in [0.3, 0.4) is 0 Å². The molecule has 10 nitrogen and oxygen atoms in total. The number of carbonyl (C=O) groups excluding carboxylic acids is 1. The van der Waals surface area contributed by atoms with E-state index in [9.17, 15) is 24.6 Å². The Bertz CT molecular complexity index is 1340. The summed E-state index contributed by atoms with van der Waals surface area (Å²) in [6.07, 6.45) is 0.188. The number of nitrogens with zero attached hydrogens (tertiary/aromatic N) is 3. The predicted octanol–water partition coefficient (Wildman–Crippen LogP) is 4.29. The lowest BCUT2D eigenvalue weighted by Gasteiger charge is -2.29. The van der Waals surface area contributed by atoms with Gasteiger partial charge >= 0.3 is 11.0 Å². The third-order valence-electron chi connectivity index (χ3n) is 7.02. The van der Waals surface area contributed by atoms with E-state index < -0.39 is 6.09 Å². The molecular formula is C29H39ClN4O6S. The first kappa shape index (κ1) is 32.4. The van der Waals surface area contributed by atoms with Crippen LogP contribution in [0.4, 0.5) is 4.79 Å². The van der Waals surface area contributed by atoms with Gasteiger partial charge in [0.1, 0.15) is 11.3 Å². The molecule has 0 saturated carbocycles. The first-order chi connectivity index (χ1) is 19.7. The maximum atomic E-state index is 13.1. The number of phenolic OH excluding ortho intramolecular Hbond substituents is 1. The molecule has 0 saturated heterocycles. The van der Waals surface area contributed by atoms with Crippen molar-refractivity contribution in [2.45, 2.75) is 33.1 Å². The molecule has 3 N–H and O–H groups in total. The molecular weight excluding hydrogens is 568 g/mol. The number of likely N-dealkylation sites (N-methyl/N-ethyl adjacent to an activating group) is 1. The molecule has 0 fully saturated rings. The van der Waals surface area contributed by atoms with E-state index in [1.165, 1.54) is 11.0 Å². The molecule has 1 aromatic heterocycles. The molecule has 3 rings (SSSR count). The van der Waals surface area contributed by atoms with Gasteiger partial charge in [0.2, 0.25) is 5.91 Å². The Morgan fingerprint density at radius 1 is 0.976 bits per heavy atom. The number of aromatic hydroxyl groups is 1. The number of halogens is 1. The summed E-state index contributed by atoms with van der Waals surface area (Å²) in [6, 6.07) is 10.8. The highest BCUT2D eigenvalue weighted by Gasteiger charge is 2.19. The van der Waals surface area contributed by atoms with Gasteiger partial charge in [0.15, 0.2) is 0 Å². The van der Waals surface area contributed by atoms with Gasteiger partial charge in [-0.05, 0) is 55.3 Å². The number of benzene rings is 2. The highest BCUT2D eigenvalue weighted by molar-refractivity contribution is 7.16. The summed E-state index contributed by atoms with van der Waals surface area (Å²) in [5, 5.41) is 20.6. The van der Waals surface area contributed by atoms with E-state index in [0.717, 1.165) is 35.6 Å². The number of thiazole rings is 1. The fourth-order valence-electron chi connectivity index (χ4n) is 4.54. The number of nitrogens with one attached hydrogen (secondary N) is 1. The molecule has 1 heterocycles. The van der Waals surface area contributed by atoms with Crippen LogP contribution in [0.5, 0.6) is 5.75 Å². The molecule has 0 unspecified atom stereocenters. The van der Waals surface area contributed by atoms with Crippen LogP contribution in [0.2, 0.25) is 5.02 Å². The number of rotatable bonds is 17. The number of fused-ring (bicyclic) bond motifs is 1. The van der Waals surface area contributed by atoms with Gasteiger partial charge in [-0.2, -0.15) is 0 Å². The summed E-state index contributed by atoms with van der Waals surface area (Å²) in [5.41, 5.74) is 2.20. The fourth-order valence-corrected chi connectivity index (χ4v) is 5.65. The number of hydrogen-bond donors (Lipinski definition) is 3. The van der Waals surface area contributed by atoms with Crippen molar-refractivity contribution in [2.75, 3.05) is 59.0 Å².